The van der Waals surface area contributed by atoms with Crippen LogP contribution in [0, 0.1) is 0 Å². The summed E-state index contributed by atoms with van der Waals surface area (Å²) in [6.07, 6.45) is 1.59. The monoisotopic (exact) mass is 270 g/mol. The molecule has 4 heteroatoms. The van der Waals surface area contributed by atoms with E-state index in [4.69, 9.17) is 4.74 Å². The van der Waals surface area contributed by atoms with Gasteiger partial charge in [-0.1, -0.05) is 30.3 Å². The van der Waals surface area contributed by atoms with Gasteiger partial charge in [0.05, 0.1) is 12.7 Å². The second-order valence-electron chi connectivity index (χ2n) is 4.15. The van der Waals surface area contributed by atoms with E-state index in [1.807, 2.05) is 30.3 Å². The van der Waals surface area contributed by atoms with Crippen LogP contribution in [0.1, 0.15) is 15.9 Å². The van der Waals surface area contributed by atoms with Crippen molar-refractivity contribution in [2.75, 3.05) is 7.11 Å². The molecule has 0 aliphatic heterocycles. The highest BCUT2D eigenvalue weighted by Crippen LogP contribution is 2.25. The quantitative estimate of drug-likeness (QED) is 0.509. The van der Waals surface area contributed by atoms with E-state index in [-0.39, 0.29) is 22.8 Å². The molecule has 2 rings (SSSR count). The highest BCUT2D eigenvalue weighted by molar-refractivity contribution is 6.11. The highest BCUT2D eigenvalue weighted by Gasteiger charge is 2.17. The van der Waals surface area contributed by atoms with Crippen molar-refractivity contribution in [1.82, 2.24) is 0 Å². The van der Waals surface area contributed by atoms with Gasteiger partial charge in [-0.3, -0.25) is 4.79 Å². The maximum absolute atomic E-state index is 12.3. The van der Waals surface area contributed by atoms with Gasteiger partial charge < -0.3 is 14.9 Å². The molecule has 0 aliphatic rings. The predicted octanol–water partition coefficient (Wildman–Crippen LogP) is 2.97. The van der Waals surface area contributed by atoms with Crippen molar-refractivity contribution in [3.8, 4) is 11.5 Å². The summed E-state index contributed by atoms with van der Waals surface area (Å²) in [5.74, 6) is -0.734. The molecule has 102 valence electrons. The Morgan fingerprint density at radius 1 is 1.10 bits per heavy atom. The lowest BCUT2D eigenvalue weighted by Gasteiger charge is -2.07. The number of allylic oxidation sites excluding steroid dienone is 1. The summed E-state index contributed by atoms with van der Waals surface area (Å²) >= 11 is 0. The maximum Gasteiger partial charge on any atom is 0.231 e. The number of hydrogen-bond donors (Lipinski definition) is 2. The van der Waals surface area contributed by atoms with E-state index >= 15 is 0 Å². The number of aromatic hydroxyl groups is 2. The van der Waals surface area contributed by atoms with Crippen molar-refractivity contribution in [1.29, 1.82) is 0 Å². The number of carbonyl (C=O) groups is 1. The van der Waals surface area contributed by atoms with Crippen molar-refractivity contribution < 1.29 is 19.7 Å². The van der Waals surface area contributed by atoms with Crippen LogP contribution in [0.25, 0.3) is 6.08 Å². The first-order chi connectivity index (χ1) is 9.61. The van der Waals surface area contributed by atoms with E-state index in [1.54, 1.807) is 6.08 Å². The van der Waals surface area contributed by atoms with E-state index < -0.39 is 5.78 Å². The van der Waals surface area contributed by atoms with Crippen LogP contribution in [0.5, 0.6) is 11.5 Å². The fourth-order valence-corrected chi connectivity index (χ4v) is 1.76. The Morgan fingerprint density at radius 2 is 1.80 bits per heavy atom. The number of ketones is 1. The molecule has 2 aromatic carbocycles. The Morgan fingerprint density at radius 3 is 2.40 bits per heavy atom. The SMILES string of the molecule is COC(=Cc1ccccc1)C(=O)c1ccc(O)cc1O. The maximum atomic E-state index is 12.3. The standard InChI is InChI=1S/C16H14O4/c1-20-15(9-11-5-3-2-4-6-11)16(19)13-8-7-12(17)10-14(13)18/h2-10,17-18H,1H3. The van der Waals surface area contributed by atoms with Crippen molar-refractivity contribution in [2.45, 2.75) is 0 Å². The van der Waals surface area contributed by atoms with Crippen LogP contribution in [0.2, 0.25) is 0 Å². The Labute approximate surface area is 116 Å². The summed E-state index contributed by atoms with van der Waals surface area (Å²) in [7, 11) is 1.39. The van der Waals surface area contributed by atoms with Crippen LogP contribution in [0.3, 0.4) is 0 Å². The molecule has 0 saturated carbocycles. The van der Waals surface area contributed by atoms with Crippen LogP contribution >= 0.6 is 0 Å². The van der Waals surface area contributed by atoms with E-state index in [1.165, 1.54) is 19.2 Å². The van der Waals surface area contributed by atoms with Gasteiger partial charge in [-0.15, -0.1) is 0 Å². The molecule has 2 aromatic rings. The molecule has 0 bridgehead atoms. The lowest BCUT2D eigenvalue weighted by atomic mass is 10.1. The minimum atomic E-state index is -0.450. The lowest BCUT2D eigenvalue weighted by Crippen LogP contribution is -2.05. The Balaban J connectivity index is 2.37. The minimum Gasteiger partial charge on any atom is -0.508 e. The summed E-state index contributed by atoms with van der Waals surface area (Å²) in [6, 6.07) is 13.0. The Bertz CT molecular complexity index is 645. The zero-order valence-corrected chi connectivity index (χ0v) is 10.9. The first-order valence-electron chi connectivity index (χ1n) is 5.99. The molecule has 2 N–H and O–H groups in total. The van der Waals surface area contributed by atoms with Gasteiger partial charge in [0.25, 0.3) is 0 Å². The van der Waals surface area contributed by atoms with Crippen LogP contribution < -0.4 is 0 Å². The summed E-state index contributed by atoms with van der Waals surface area (Å²) in [5.41, 5.74) is 0.891. The summed E-state index contributed by atoms with van der Waals surface area (Å²) in [4.78, 5) is 12.3. The van der Waals surface area contributed by atoms with Gasteiger partial charge in [0.1, 0.15) is 11.5 Å². The number of Topliss-reactive ketones (excluding diaryl/α,β-unsaturated/α-hetero) is 1. The average Bonchev–Trinajstić information content (AvgIpc) is 2.45. The molecule has 0 amide bonds. The number of ether oxygens (including phenoxy) is 1. The molecule has 0 spiro atoms. The van der Waals surface area contributed by atoms with Crippen LogP contribution in [-0.2, 0) is 4.74 Å². The second kappa shape index (κ2) is 5.93. The molecule has 0 fully saturated rings. The van der Waals surface area contributed by atoms with Gasteiger partial charge in [-0.05, 0) is 23.8 Å². The molecule has 0 radical (unpaired) electrons. The first kappa shape index (κ1) is 13.7. The van der Waals surface area contributed by atoms with Gasteiger partial charge in [0.2, 0.25) is 5.78 Å². The van der Waals surface area contributed by atoms with Crippen molar-refractivity contribution in [3.05, 3.63) is 65.4 Å². The molecule has 0 saturated heterocycles. The lowest BCUT2D eigenvalue weighted by molar-refractivity contribution is 0.0954. The summed E-state index contributed by atoms with van der Waals surface area (Å²) < 4.78 is 5.09. The summed E-state index contributed by atoms with van der Waals surface area (Å²) in [5, 5.41) is 18.9. The average molecular weight is 270 g/mol. The second-order valence-corrected chi connectivity index (χ2v) is 4.15. The molecule has 20 heavy (non-hydrogen) atoms. The van der Waals surface area contributed by atoms with Crippen molar-refractivity contribution in [3.63, 3.8) is 0 Å². The third-order valence-electron chi connectivity index (χ3n) is 2.77. The van der Waals surface area contributed by atoms with Gasteiger partial charge >= 0.3 is 0 Å². The van der Waals surface area contributed by atoms with E-state index in [0.29, 0.717) is 0 Å². The molecular weight excluding hydrogens is 256 g/mol. The molecule has 0 atom stereocenters. The number of carbonyl (C=O) groups excluding carboxylic acids is 1. The fourth-order valence-electron chi connectivity index (χ4n) is 1.76. The molecule has 0 unspecified atom stereocenters. The smallest absolute Gasteiger partial charge is 0.231 e. The number of hydrogen-bond acceptors (Lipinski definition) is 4. The third kappa shape index (κ3) is 2.98. The first-order valence-corrected chi connectivity index (χ1v) is 5.99. The number of phenolic OH excluding ortho intramolecular Hbond substituents is 2. The van der Waals surface area contributed by atoms with Crippen LogP contribution in [0.4, 0.5) is 0 Å². The highest BCUT2D eigenvalue weighted by atomic mass is 16.5. The fraction of sp³-hybridized carbons (Fsp3) is 0.0625. The van der Waals surface area contributed by atoms with Gasteiger partial charge in [-0.25, -0.2) is 0 Å². The largest absolute Gasteiger partial charge is 0.508 e. The Kier molecular flexibility index (Phi) is 4.05. The third-order valence-corrected chi connectivity index (χ3v) is 2.77. The van der Waals surface area contributed by atoms with Crippen molar-refractivity contribution in [2.24, 2.45) is 0 Å². The molecule has 4 nitrogen and oxygen atoms in total. The van der Waals surface area contributed by atoms with E-state index in [9.17, 15) is 15.0 Å². The Hall–Kier alpha value is -2.75. The molecular formula is C16H14O4. The summed E-state index contributed by atoms with van der Waals surface area (Å²) in [6.45, 7) is 0. The number of rotatable bonds is 4. The predicted molar refractivity (Wildman–Crippen MR) is 75.5 cm³/mol. The van der Waals surface area contributed by atoms with Gasteiger partial charge in [0, 0.05) is 6.07 Å². The van der Waals surface area contributed by atoms with Gasteiger partial charge in [0.15, 0.2) is 5.76 Å². The van der Waals surface area contributed by atoms with E-state index in [0.717, 1.165) is 11.6 Å². The molecule has 0 heterocycles. The van der Waals surface area contributed by atoms with Crippen molar-refractivity contribution >= 4 is 11.9 Å². The molecule has 0 aliphatic carbocycles. The zero-order chi connectivity index (χ0) is 14.5. The van der Waals surface area contributed by atoms with E-state index in [2.05, 4.69) is 0 Å². The molecule has 0 aromatic heterocycles. The van der Waals surface area contributed by atoms with Crippen LogP contribution in [0.15, 0.2) is 54.3 Å². The van der Waals surface area contributed by atoms with Crippen LogP contribution in [-0.4, -0.2) is 23.1 Å². The zero-order valence-electron chi connectivity index (χ0n) is 10.9. The number of benzene rings is 2. The number of phenols is 2. The van der Waals surface area contributed by atoms with Gasteiger partial charge in [-0.2, -0.15) is 0 Å². The number of methoxy groups -OCH3 is 1. The minimum absolute atomic E-state index is 0.0758. The topological polar surface area (TPSA) is 66.8 Å². The normalized spacial score (nSPS) is 11.2.